The largest absolute Gasteiger partial charge is 0.306 e. The number of thiazole rings is 1. The van der Waals surface area contributed by atoms with Crippen LogP contribution in [0.2, 0.25) is 0 Å². The van der Waals surface area contributed by atoms with Gasteiger partial charge < -0.3 is 10.2 Å². The van der Waals surface area contributed by atoms with Gasteiger partial charge in [-0.15, -0.1) is 21.5 Å². The van der Waals surface area contributed by atoms with Gasteiger partial charge in [-0.2, -0.15) is 5.10 Å². The van der Waals surface area contributed by atoms with E-state index in [1.807, 2.05) is 31.3 Å². The third-order valence-electron chi connectivity index (χ3n) is 5.67. The van der Waals surface area contributed by atoms with E-state index in [-0.39, 0.29) is 5.91 Å². The van der Waals surface area contributed by atoms with E-state index in [1.54, 1.807) is 6.20 Å². The number of nitrogens with one attached hydrogen (secondary N) is 1. The summed E-state index contributed by atoms with van der Waals surface area (Å²) in [4.78, 5) is 19.4. The van der Waals surface area contributed by atoms with E-state index in [9.17, 15) is 4.79 Å². The van der Waals surface area contributed by atoms with E-state index in [4.69, 9.17) is 0 Å². The summed E-state index contributed by atoms with van der Waals surface area (Å²) in [5.74, 6) is 0.192. The Kier molecular flexibility index (Phi) is 5.21. The van der Waals surface area contributed by atoms with Gasteiger partial charge in [0.2, 0.25) is 0 Å². The van der Waals surface area contributed by atoms with Gasteiger partial charge >= 0.3 is 0 Å². The average Bonchev–Trinajstić information content (AvgIpc) is 3.43. The van der Waals surface area contributed by atoms with Crippen molar-refractivity contribution >= 4 is 34.0 Å². The van der Waals surface area contributed by atoms with Gasteiger partial charge in [-0.1, -0.05) is 6.07 Å². The van der Waals surface area contributed by atoms with Crippen molar-refractivity contribution in [1.82, 2.24) is 29.9 Å². The highest BCUT2D eigenvalue weighted by molar-refractivity contribution is 7.13. The fourth-order valence-corrected chi connectivity index (χ4v) is 4.55. The molecule has 1 aliphatic heterocycles. The minimum Gasteiger partial charge on any atom is -0.306 e. The molecule has 3 aromatic heterocycles. The molecular formula is C22H23N7OS. The number of hydrogen-bond donors (Lipinski definition) is 1. The molecule has 0 spiro atoms. The molecule has 1 aromatic carbocycles. The average molecular weight is 434 g/mol. The highest BCUT2D eigenvalue weighted by atomic mass is 32.1. The quantitative estimate of drug-likeness (QED) is 0.527. The summed E-state index contributed by atoms with van der Waals surface area (Å²) in [5.41, 5.74) is 2.91. The normalized spacial score (nSPS) is 15.4. The monoisotopic (exact) mass is 433 g/mol. The predicted molar refractivity (Wildman–Crippen MR) is 121 cm³/mol. The number of carbonyl (C=O) groups excluding carboxylic acids is 1. The van der Waals surface area contributed by atoms with Gasteiger partial charge in [-0.3, -0.25) is 9.48 Å². The van der Waals surface area contributed by atoms with E-state index in [0.29, 0.717) is 16.7 Å². The van der Waals surface area contributed by atoms with Gasteiger partial charge in [-0.05, 0) is 63.7 Å². The van der Waals surface area contributed by atoms with Crippen LogP contribution in [0.5, 0.6) is 0 Å². The summed E-state index contributed by atoms with van der Waals surface area (Å²) in [5, 5.41) is 17.6. The first-order valence-corrected chi connectivity index (χ1v) is 11.1. The Hall–Kier alpha value is -3.17. The molecule has 9 heteroatoms. The number of hydrogen-bond acceptors (Lipinski definition) is 7. The molecule has 0 aliphatic carbocycles. The zero-order valence-electron chi connectivity index (χ0n) is 17.4. The van der Waals surface area contributed by atoms with Crippen LogP contribution in [-0.4, -0.2) is 55.9 Å². The summed E-state index contributed by atoms with van der Waals surface area (Å²) in [6.07, 6.45) is 7.86. The summed E-state index contributed by atoms with van der Waals surface area (Å²) < 4.78 is 2.10. The van der Waals surface area contributed by atoms with Crippen LogP contribution >= 0.6 is 11.3 Å². The standard InChI is InChI=1S/C22H23N7OS/c1-14-23-12-20(31-14)22(30)25-21-10-16-9-15(3-4-19(16)26-27-21)17-11-24-29(13-17)18-5-7-28(2)8-6-18/h3-4,9-13,18H,5-8H2,1-2H3,(H,25,27,30). The summed E-state index contributed by atoms with van der Waals surface area (Å²) in [6.45, 7) is 4.07. The van der Waals surface area contributed by atoms with Gasteiger partial charge in [-0.25, -0.2) is 4.98 Å². The lowest BCUT2D eigenvalue weighted by Gasteiger charge is -2.28. The van der Waals surface area contributed by atoms with Gasteiger partial charge in [0, 0.05) is 17.1 Å². The molecule has 4 aromatic rings. The summed E-state index contributed by atoms with van der Waals surface area (Å²) in [7, 11) is 2.16. The molecule has 8 nitrogen and oxygen atoms in total. The Labute approximate surface area is 183 Å². The van der Waals surface area contributed by atoms with Crippen LogP contribution in [0.15, 0.2) is 42.9 Å². The van der Waals surface area contributed by atoms with Crippen LogP contribution in [0.4, 0.5) is 5.82 Å². The molecule has 1 aliphatic rings. The fourth-order valence-electron chi connectivity index (χ4n) is 3.88. The lowest BCUT2D eigenvalue weighted by molar-refractivity contribution is 0.103. The highest BCUT2D eigenvalue weighted by Crippen LogP contribution is 2.27. The number of carbonyl (C=O) groups is 1. The number of fused-ring (bicyclic) bond motifs is 1. The van der Waals surface area contributed by atoms with E-state index in [2.05, 4.69) is 54.5 Å². The molecular weight excluding hydrogens is 410 g/mol. The maximum Gasteiger partial charge on any atom is 0.268 e. The summed E-state index contributed by atoms with van der Waals surface area (Å²) in [6, 6.07) is 8.34. The first-order valence-electron chi connectivity index (χ1n) is 10.3. The van der Waals surface area contributed by atoms with E-state index in [0.717, 1.165) is 53.0 Å². The molecule has 1 fully saturated rings. The van der Waals surface area contributed by atoms with Crippen molar-refractivity contribution in [1.29, 1.82) is 0 Å². The van der Waals surface area contributed by atoms with E-state index < -0.39 is 0 Å². The maximum atomic E-state index is 12.4. The number of amides is 1. The number of aryl methyl sites for hydroxylation is 1. The molecule has 1 N–H and O–H groups in total. The van der Waals surface area contributed by atoms with Crippen LogP contribution in [0, 0.1) is 6.92 Å². The van der Waals surface area contributed by atoms with Crippen molar-refractivity contribution in [2.24, 2.45) is 0 Å². The number of rotatable bonds is 4. The van der Waals surface area contributed by atoms with Crippen LogP contribution in [0.3, 0.4) is 0 Å². The molecule has 0 atom stereocenters. The predicted octanol–water partition coefficient (Wildman–Crippen LogP) is 3.78. The van der Waals surface area contributed by atoms with Crippen molar-refractivity contribution in [3.05, 3.63) is 52.7 Å². The minimum atomic E-state index is -0.227. The molecule has 0 saturated carbocycles. The molecule has 4 heterocycles. The number of benzene rings is 1. The highest BCUT2D eigenvalue weighted by Gasteiger charge is 2.19. The van der Waals surface area contributed by atoms with Crippen molar-refractivity contribution in [2.75, 3.05) is 25.5 Å². The van der Waals surface area contributed by atoms with Crippen LogP contribution < -0.4 is 5.32 Å². The second-order valence-corrected chi connectivity index (χ2v) is 9.18. The zero-order valence-corrected chi connectivity index (χ0v) is 18.3. The van der Waals surface area contributed by atoms with Crippen molar-refractivity contribution in [3.63, 3.8) is 0 Å². The first-order chi connectivity index (χ1) is 15.0. The number of nitrogens with zero attached hydrogens (tertiary/aromatic N) is 6. The number of likely N-dealkylation sites (tertiary alicyclic amines) is 1. The van der Waals surface area contributed by atoms with Crippen LogP contribution in [0.1, 0.15) is 33.6 Å². The molecule has 0 bridgehead atoms. The Morgan fingerprint density at radius 1 is 1.13 bits per heavy atom. The lowest BCUT2D eigenvalue weighted by atomic mass is 10.1. The number of aromatic nitrogens is 5. The van der Waals surface area contributed by atoms with Crippen LogP contribution in [0.25, 0.3) is 22.0 Å². The van der Waals surface area contributed by atoms with Crippen molar-refractivity contribution < 1.29 is 4.79 Å². The molecule has 31 heavy (non-hydrogen) atoms. The molecule has 1 amide bonds. The Bertz CT molecular complexity index is 1240. The molecule has 1 saturated heterocycles. The van der Waals surface area contributed by atoms with Crippen molar-refractivity contribution in [2.45, 2.75) is 25.8 Å². The Balaban J connectivity index is 1.37. The molecule has 5 rings (SSSR count). The van der Waals surface area contributed by atoms with Crippen LogP contribution in [-0.2, 0) is 0 Å². The van der Waals surface area contributed by atoms with Gasteiger partial charge in [0.05, 0.1) is 29.0 Å². The SMILES string of the molecule is Cc1ncc(C(=O)Nc2cc3cc(-c4cnn(C5CCN(C)CC5)c4)ccc3nn2)s1. The van der Waals surface area contributed by atoms with E-state index in [1.165, 1.54) is 11.3 Å². The topological polar surface area (TPSA) is 88.8 Å². The Morgan fingerprint density at radius 3 is 2.74 bits per heavy atom. The van der Waals surface area contributed by atoms with Gasteiger partial charge in [0.15, 0.2) is 5.82 Å². The Morgan fingerprint density at radius 2 is 1.97 bits per heavy atom. The third kappa shape index (κ3) is 4.19. The minimum absolute atomic E-state index is 0.227. The van der Waals surface area contributed by atoms with Crippen molar-refractivity contribution in [3.8, 4) is 11.1 Å². The third-order valence-corrected chi connectivity index (χ3v) is 6.58. The summed E-state index contributed by atoms with van der Waals surface area (Å²) >= 11 is 1.35. The van der Waals surface area contributed by atoms with Gasteiger partial charge in [0.25, 0.3) is 5.91 Å². The number of anilines is 1. The maximum absolute atomic E-state index is 12.4. The second kappa shape index (κ2) is 8.16. The lowest BCUT2D eigenvalue weighted by Crippen LogP contribution is -2.31. The zero-order chi connectivity index (χ0) is 21.4. The number of piperidine rings is 1. The molecule has 0 unspecified atom stereocenters. The smallest absolute Gasteiger partial charge is 0.268 e. The molecule has 0 radical (unpaired) electrons. The van der Waals surface area contributed by atoms with Gasteiger partial charge in [0.1, 0.15) is 4.88 Å². The fraction of sp³-hybridized carbons (Fsp3) is 0.318. The first kappa shape index (κ1) is 19.8. The second-order valence-electron chi connectivity index (χ2n) is 7.94. The molecule has 158 valence electrons. The van der Waals surface area contributed by atoms with E-state index >= 15 is 0 Å².